The van der Waals surface area contributed by atoms with E-state index < -0.39 is 28.1 Å². The van der Waals surface area contributed by atoms with E-state index in [1.807, 2.05) is 0 Å². The predicted molar refractivity (Wildman–Crippen MR) is 104 cm³/mol. The summed E-state index contributed by atoms with van der Waals surface area (Å²) < 4.78 is 42.5. The maximum absolute atomic E-state index is 13.1. The molecule has 2 aliphatic rings. The number of aromatic hydroxyl groups is 1. The number of phenolic OH excluding ortho intramolecular Hbond substituents is 1. The van der Waals surface area contributed by atoms with Gasteiger partial charge in [0.05, 0.1) is 6.04 Å². The molecule has 2 aliphatic heterocycles. The highest BCUT2D eigenvalue weighted by molar-refractivity contribution is 7.85. The molecule has 9 nitrogen and oxygen atoms in total. The van der Waals surface area contributed by atoms with E-state index in [1.165, 1.54) is 11.0 Å². The zero-order valence-corrected chi connectivity index (χ0v) is 16.6. The monoisotopic (exact) mass is 440 g/mol. The first kappa shape index (κ1) is 19.6. The highest BCUT2D eigenvalue weighted by Crippen LogP contribution is 2.44. The van der Waals surface area contributed by atoms with E-state index in [9.17, 15) is 22.9 Å². The van der Waals surface area contributed by atoms with Crippen molar-refractivity contribution in [3.8, 4) is 17.2 Å². The van der Waals surface area contributed by atoms with Gasteiger partial charge in [-0.2, -0.15) is 8.42 Å². The molecule has 2 N–H and O–H groups in total. The van der Waals surface area contributed by atoms with Crippen LogP contribution in [-0.4, -0.2) is 48.2 Å². The third-order valence-corrected chi connectivity index (χ3v) is 5.62. The SMILES string of the molecule is O=C1N(CS(=O)(=O)O)CCC(c2cc3c(cc2O)OCO3)N1c1cccc(Cl)c1. The van der Waals surface area contributed by atoms with E-state index in [2.05, 4.69) is 0 Å². The van der Waals surface area contributed by atoms with Gasteiger partial charge >= 0.3 is 6.03 Å². The Kier molecular flexibility index (Phi) is 4.93. The first-order valence-corrected chi connectivity index (χ1v) is 10.6. The average Bonchev–Trinajstić information content (AvgIpc) is 3.08. The van der Waals surface area contributed by atoms with Crippen molar-refractivity contribution >= 4 is 33.4 Å². The summed E-state index contributed by atoms with van der Waals surface area (Å²) in [5.74, 6) is -0.0717. The molecule has 11 heteroatoms. The fourth-order valence-corrected chi connectivity index (χ4v) is 4.35. The van der Waals surface area contributed by atoms with Crippen molar-refractivity contribution in [2.75, 3.05) is 24.1 Å². The van der Waals surface area contributed by atoms with Crippen LogP contribution in [0.25, 0.3) is 0 Å². The number of hydrogen-bond donors (Lipinski definition) is 2. The van der Waals surface area contributed by atoms with Crippen LogP contribution < -0.4 is 14.4 Å². The third-order valence-electron chi connectivity index (χ3n) is 4.75. The first-order valence-electron chi connectivity index (χ1n) is 8.64. The van der Waals surface area contributed by atoms with Crippen molar-refractivity contribution in [2.24, 2.45) is 0 Å². The molecule has 0 aliphatic carbocycles. The minimum absolute atomic E-state index is 0.0297. The second-order valence-corrected chi connectivity index (χ2v) is 8.53. The Morgan fingerprint density at radius 2 is 1.90 bits per heavy atom. The number of hydrogen-bond acceptors (Lipinski definition) is 6. The number of nitrogens with zero attached hydrogens (tertiary/aromatic N) is 2. The van der Waals surface area contributed by atoms with Gasteiger partial charge in [-0.05, 0) is 30.7 Å². The van der Waals surface area contributed by atoms with Crippen LogP contribution in [-0.2, 0) is 10.1 Å². The molecule has 0 radical (unpaired) electrons. The topological polar surface area (TPSA) is 117 Å². The molecule has 0 spiro atoms. The predicted octanol–water partition coefficient (Wildman–Crippen LogP) is 2.99. The summed E-state index contributed by atoms with van der Waals surface area (Å²) >= 11 is 6.08. The van der Waals surface area contributed by atoms with Gasteiger partial charge in [0.2, 0.25) is 6.79 Å². The number of ether oxygens (including phenoxy) is 2. The number of rotatable bonds is 4. The van der Waals surface area contributed by atoms with Gasteiger partial charge in [-0.3, -0.25) is 9.45 Å². The first-order chi connectivity index (χ1) is 13.7. The van der Waals surface area contributed by atoms with E-state index in [0.29, 0.717) is 34.2 Å². The molecule has 0 bridgehead atoms. The number of phenols is 1. The molecule has 1 saturated heterocycles. The van der Waals surface area contributed by atoms with E-state index >= 15 is 0 Å². The lowest BCUT2D eigenvalue weighted by molar-refractivity contribution is 0.173. The maximum Gasteiger partial charge on any atom is 0.326 e. The van der Waals surface area contributed by atoms with Crippen molar-refractivity contribution in [1.29, 1.82) is 0 Å². The highest BCUT2D eigenvalue weighted by atomic mass is 35.5. The summed E-state index contributed by atoms with van der Waals surface area (Å²) in [5.41, 5.74) is 0.846. The lowest BCUT2D eigenvalue weighted by Gasteiger charge is -2.41. The summed E-state index contributed by atoms with van der Waals surface area (Å²) in [5, 5.41) is 10.9. The molecule has 2 heterocycles. The van der Waals surface area contributed by atoms with Crippen LogP contribution in [0.1, 0.15) is 18.0 Å². The molecule has 0 aromatic heterocycles. The number of anilines is 1. The molecule has 1 unspecified atom stereocenters. The van der Waals surface area contributed by atoms with E-state index in [4.69, 9.17) is 21.1 Å². The summed E-state index contributed by atoms with van der Waals surface area (Å²) in [4.78, 5) is 15.5. The van der Waals surface area contributed by atoms with Gasteiger partial charge in [0.15, 0.2) is 11.5 Å². The Balaban J connectivity index is 1.78. The fourth-order valence-electron chi connectivity index (χ4n) is 3.53. The normalized spacial score (nSPS) is 19.0. The molecule has 2 aromatic carbocycles. The van der Waals surface area contributed by atoms with Crippen molar-refractivity contribution in [1.82, 2.24) is 4.90 Å². The van der Waals surface area contributed by atoms with Crippen LogP contribution in [0.5, 0.6) is 17.2 Å². The zero-order valence-electron chi connectivity index (χ0n) is 15.0. The third kappa shape index (κ3) is 3.91. The van der Waals surface area contributed by atoms with Crippen LogP contribution in [0.3, 0.4) is 0 Å². The van der Waals surface area contributed by atoms with Crippen molar-refractivity contribution in [3.05, 3.63) is 47.0 Å². The fraction of sp³-hybridized carbons (Fsp3) is 0.278. The smallest absolute Gasteiger partial charge is 0.326 e. The number of halogens is 1. The highest BCUT2D eigenvalue weighted by Gasteiger charge is 2.38. The lowest BCUT2D eigenvalue weighted by Crippen LogP contribution is -2.52. The van der Waals surface area contributed by atoms with Gasteiger partial charge in [0.25, 0.3) is 10.1 Å². The largest absolute Gasteiger partial charge is 0.507 e. The Morgan fingerprint density at radius 1 is 1.17 bits per heavy atom. The van der Waals surface area contributed by atoms with Crippen LogP contribution in [0, 0.1) is 0 Å². The minimum Gasteiger partial charge on any atom is -0.507 e. The molecule has 1 fully saturated rings. The van der Waals surface area contributed by atoms with Gasteiger partial charge in [0, 0.05) is 28.9 Å². The van der Waals surface area contributed by atoms with Gasteiger partial charge in [0.1, 0.15) is 11.6 Å². The standard InChI is InChI=1S/C18H17ClN2O7S/c19-11-2-1-3-12(6-11)21-14(4-5-20(18(21)23)9-29(24,25)26)13-7-16-17(8-15(13)22)28-10-27-16/h1-3,6-8,14,22H,4-5,9-10H2,(H,24,25,26). The maximum atomic E-state index is 13.1. The van der Waals surface area contributed by atoms with Crippen LogP contribution in [0.4, 0.5) is 10.5 Å². The Bertz CT molecular complexity index is 1080. The van der Waals surface area contributed by atoms with Gasteiger partial charge in [-0.25, -0.2) is 4.79 Å². The van der Waals surface area contributed by atoms with Gasteiger partial charge < -0.3 is 19.5 Å². The molecule has 2 amide bonds. The van der Waals surface area contributed by atoms with E-state index in [-0.39, 0.29) is 19.1 Å². The number of carbonyl (C=O) groups excluding carboxylic acids is 1. The lowest BCUT2D eigenvalue weighted by atomic mass is 9.97. The van der Waals surface area contributed by atoms with Crippen LogP contribution >= 0.6 is 11.6 Å². The van der Waals surface area contributed by atoms with E-state index in [0.717, 1.165) is 4.90 Å². The quantitative estimate of drug-likeness (QED) is 0.702. The second-order valence-electron chi connectivity index (χ2n) is 6.68. The Morgan fingerprint density at radius 3 is 2.59 bits per heavy atom. The zero-order chi connectivity index (χ0) is 20.8. The molecule has 0 saturated carbocycles. The van der Waals surface area contributed by atoms with E-state index in [1.54, 1.807) is 30.3 Å². The number of urea groups is 1. The van der Waals surface area contributed by atoms with Crippen molar-refractivity contribution < 1.29 is 32.3 Å². The molecular weight excluding hydrogens is 424 g/mol. The second kappa shape index (κ2) is 7.29. The summed E-state index contributed by atoms with van der Waals surface area (Å²) in [6, 6.07) is 8.28. The number of benzene rings is 2. The Hall–Kier alpha value is -2.69. The van der Waals surface area contributed by atoms with Gasteiger partial charge in [-0.1, -0.05) is 17.7 Å². The number of carbonyl (C=O) groups is 1. The summed E-state index contributed by atoms with van der Waals surface area (Å²) in [6.07, 6.45) is 0.293. The molecule has 1 atom stereocenters. The molecular formula is C18H17ClN2O7S. The number of amides is 2. The summed E-state index contributed by atoms with van der Waals surface area (Å²) in [6.45, 7) is 0.0935. The van der Waals surface area contributed by atoms with Gasteiger partial charge in [-0.15, -0.1) is 0 Å². The molecule has 4 rings (SSSR count). The average molecular weight is 441 g/mol. The van der Waals surface area contributed by atoms with Crippen LogP contribution in [0.15, 0.2) is 36.4 Å². The molecule has 2 aromatic rings. The van der Waals surface area contributed by atoms with Crippen molar-refractivity contribution in [3.63, 3.8) is 0 Å². The Labute approximate surface area is 171 Å². The van der Waals surface area contributed by atoms with Crippen LogP contribution in [0.2, 0.25) is 5.02 Å². The van der Waals surface area contributed by atoms with Crippen molar-refractivity contribution in [2.45, 2.75) is 12.5 Å². The molecule has 154 valence electrons. The molecule has 29 heavy (non-hydrogen) atoms. The number of fused-ring (bicyclic) bond motifs is 1. The summed E-state index contributed by atoms with van der Waals surface area (Å²) in [7, 11) is -4.40. The minimum atomic E-state index is -4.40.